The van der Waals surface area contributed by atoms with Crippen LogP contribution in [-0.2, 0) is 16.1 Å². The summed E-state index contributed by atoms with van der Waals surface area (Å²) in [5.41, 5.74) is 0.900. The molecule has 0 bridgehead atoms. The molecule has 6 nitrogen and oxygen atoms in total. The fourth-order valence-corrected chi connectivity index (χ4v) is 2.56. The van der Waals surface area contributed by atoms with Crippen molar-refractivity contribution in [1.29, 1.82) is 0 Å². The molecule has 1 saturated heterocycles. The summed E-state index contributed by atoms with van der Waals surface area (Å²) in [6.07, 6.45) is 0.984. The maximum absolute atomic E-state index is 11.9. The summed E-state index contributed by atoms with van der Waals surface area (Å²) in [6, 6.07) is 5.58. The van der Waals surface area contributed by atoms with Crippen LogP contribution in [0.2, 0.25) is 0 Å². The molecule has 1 aliphatic heterocycles. The Morgan fingerprint density at radius 1 is 1.30 bits per heavy atom. The number of carbonyl (C=O) groups excluding carboxylic acids is 1. The number of hydrogen-bond donors (Lipinski definition) is 1. The molecule has 0 saturated carbocycles. The van der Waals surface area contributed by atoms with Gasteiger partial charge in [-0.25, -0.2) is 0 Å². The van der Waals surface area contributed by atoms with Gasteiger partial charge in [0.1, 0.15) is 0 Å². The van der Waals surface area contributed by atoms with Gasteiger partial charge >= 0.3 is 5.97 Å². The molecule has 1 aliphatic rings. The van der Waals surface area contributed by atoms with Gasteiger partial charge in [-0.3, -0.25) is 9.59 Å². The quantitative estimate of drug-likeness (QED) is 0.795. The Hall–Kier alpha value is -2.24. The first-order valence-electron chi connectivity index (χ1n) is 7.94. The summed E-state index contributed by atoms with van der Waals surface area (Å²) in [4.78, 5) is 24.5. The highest BCUT2D eigenvalue weighted by atomic mass is 16.5. The second-order valence-corrected chi connectivity index (χ2v) is 5.58. The van der Waals surface area contributed by atoms with Gasteiger partial charge in [0.15, 0.2) is 11.5 Å². The molecule has 1 aromatic rings. The van der Waals surface area contributed by atoms with E-state index in [4.69, 9.17) is 14.6 Å². The van der Waals surface area contributed by atoms with Crippen LogP contribution in [0.25, 0.3) is 0 Å². The largest absolute Gasteiger partial charge is 0.490 e. The van der Waals surface area contributed by atoms with E-state index >= 15 is 0 Å². The first kappa shape index (κ1) is 17.1. The molecule has 0 spiro atoms. The average molecular weight is 321 g/mol. The minimum atomic E-state index is -0.917. The van der Waals surface area contributed by atoms with E-state index < -0.39 is 11.9 Å². The zero-order valence-corrected chi connectivity index (χ0v) is 13.6. The minimum absolute atomic E-state index is 0.0747. The van der Waals surface area contributed by atoms with E-state index in [0.29, 0.717) is 31.3 Å². The standard InChI is InChI=1S/C17H23NO5/c1-3-7-23-14-6-5-12(8-15(14)22-4-2)10-18-11-13(17(20)21)9-16(18)19/h5-6,8,13H,3-4,7,9-11H2,1-2H3,(H,20,21)/t13-/m1/s1. The molecule has 0 unspecified atom stereocenters. The highest BCUT2D eigenvalue weighted by molar-refractivity contribution is 5.86. The molecule has 1 fully saturated rings. The lowest BCUT2D eigenvalue weighted by molar-refractivity contribution is -0.141. The SMILES string of the molecule is CCCOc1ccc(CN2C[C@H](C(=O)O)CC2=O)cc1OCC. The van der Waals surface area contributed by atoms with Crippen LogP contribution in [0.15, 0.2) is 18.2 Å². The van der Waals surface area contributed by atoms with Crippen molar-refractivity contribution >= 4 is 11.9 Å². The lowest BCUT2D eigenvalue weighted by Crippen LogP contribution is -2.25. The molecular weight excluding hydrogens is 298 g/mol. The normalized spacial score (nSPS) is 17.4. The zero-order chi connectivity index (χ0) is 16.8. The number of carboxylic acids is 1. The fourth-order valence-electron chi connectivity index (χ4n) is 2.56. The van der Waals surface area contributed by atoms with Crippen molar-refractivity contribution in [3.05, 3.63) is 23.8 Å². The van der Waals surface area contributed by atoms with Crippen LogP contribution in [0.5, 0.6) is 11.5 Å². The maximum atomic E-state index is 11.9. The van der Waals surface area contributed by atoms with Gasteiger partial charge in [0.05, 0.1) is 19.1 Å². The second kappa shape index (κ2) is 7.85. The molecular formula is C17H23NO5. The van der Waals surface area contributed by atoms with E-state index in [2.05, 4.69) is 0 Å². The van der Waals surface area contributed by atoms with Crippen molar-refractivity contribution in [2.45, 2.75) is 33.2 Å². The molecule has 1 heterocycles. The Bertz CT molecular complexity index is 572. The average Bonchev–Trinajstić information content (AvgIpc) is 2.88. The molecule has 1 aromatic carbocycles. The van der Waals surface area contributed by atoms with Gasteiger partial charge in [0, 0.05) is 19.5 Å². The lowest BCUT2D eigenvalue weighted by Gasteiger charge is -2.18. The Labute approximate surface area is 136 Å². The first-order chi connectivity index (χ1) is 11.0. The number of ether oxygens (including phenoxy) is 2. The van der Waals surface area contributed by atoms with E-state index in [1.54, 1.807) is 4.90 Å². The van der Waals surface area contributed by atoms with Crippen LogP contribution in [-0.4, -0.2) is 41.6 Å². The van der Waals surface area contributed by atoms with Crippen LogP contribution < -0.4 is 9.47 Å². The Balaban J connectivity index is 2.09. The van der Waals surface area contributed by atoms with Crippen molar-refractivity contribution in [1.82, 2.24) is 4.90 Å². The van der Waals surface area contributed by atoms with Crippen molar-refractivity contribution < 1.29 is 24.2 Å². The summed E-state index contributed by atoms with van der Waals surface area (Å²) >= 11 is 0. The molecule has 0 aliphatic carbocycles. The van der Waals surface area contributed by atoms with Gasteiger partial charge in [-0.15, -0.1) is 0 Å². The molecule has 1 atom stereocenters. The minimum Gasteiger partial charge on any atom is -0.490 e. The van der Waals surface area contributed by atoms with E-state index in [1.165, 1.54) is 0 Å². The number of amides is 1. The van der Waals surface area contributed by atoms with E-state index in [1.807, 2.05) is 32.0 Å². The fraction of sp³-hybridized carbons (Fsp3) is 0.529. The molecule has 23 heavy (non-hydrogen) atoms. The summed E-state index contributed by atoms with van der Waals surface area (Å²) < 4.78 is 11.3. The predicted molar refractivity (Wildman–Crippen MR) is 84.6 cm³/mol. The number of aliphatic carboxylic acids is 1. The third-order valence-corrected chi connectivity index (χ3v) is 3.71. The molecule has 2 rings (SSSR count). The van der Waals surface area contributed by atoms with Crippen molar-refractivity contribution in [3.63, 3.8) is 0 Å². The predicted octanol–water partition coefficient (Wildman–Crippen LogP) is 2.31. The van der Waals surface area contributed by atoms with Crippen LogP contribution in [0.1, 0.15) is 32.3 Å². The van der Waals surface area contributed by atoms with Gasteiger partial charge < -0.3 is 19.5 Å². The number of benzene rings is 1. The van der Waals surface area contributed by atoms with E-state index in [9.17, 15) is 9.59 Å². The Kier molecular flexibility index (Phi) is 5.84. The second-order valence-electron chi connectivity index (χ2n) is 5.58. The van der Waals surface area contributed by atoms with Gasteiger partial charge in [-0.1, -0.05) is 13.0 Å². The van der Waals surface area contributed by atoms with Gasteiger partial charge in [-0.2, -0.15) is 0 Å². The Morgan fingerprint density at radius 2 is 2.09 bits per heavy atom. The molecule has 6 heteroatoms. The molecule has 1 N–H and O–H groups in total. The summed E-state index contributed by atoms with van der Waals surface area (Å²) in [5.74, 6) is -0.310. The number of rotatable bonds is 8. The highest BCUT2D eigenvalue weighted by Crippen LogP contribution is 2.30. The molecule has 0 aromatic heterocycles. The highest BCUT2D eigenvalue weighted by Gasteiger charge is 2.34. The maximum Gasteiger partial charge on any atom is 0.308 e. The van der Waals surface area contributed by atoms with Crippen molar-refractivity contribution in [3.8, 4) is 11.5 Å². The summed E-state index contributed by atoms with van der Waals surface area (Å²) in [5, 5.41) is 9.03. The Morgan fingerprint density at radius 3 is 2.70 bits per heavy atom. The molecule has 1 amide bonds. The monoisotopic (exact) mass is 321 g/mol. The number of hydrogen-bond acceptors (Lipinski definition) is 4. The van der Waals surface area contributed by atoms with Gasteiger partial charge in [0.25, 0.3) is 0 Å². The summed E-state index contributed by atoms with van der Waals surface area (Å²) in [6.45, 7) is 5.72. The zero-order valence-electron chi connectivity index (χ0n) is 13.6. The van der Waals surface area contributed by atoms with Crippen LogP contribution in [0.3, 0.4) is 0 Å². The van der Waals surface area contributed by atoms with Gasteiger partial charge in [-0.05, 0) is 31.0 Å². The third kappa shape index (κ3) is 4.37. The lowest BCUT2D eigenvalue weighted by atomic mass is 10.1. The van der Waals surface area contributed by atoms with Crippen LogP contribution in [0, 0.1) is 5.92 Å². The first-order valence-corrected chi connectivity index (χ1v) is 7.94. The smallest absolute Gasteiger partial charge is 0.308 e. The third-order valence-electron chi connectivity index (χ3n) is 3.71. The van der Waals surface area contributed by atoms with Crippen molar-refractivity contribution in [2.24, 2.45) is 5.92 Å². The number of carbonyl (C=O) groups is 2. The van der Waals surface area contributed by atoms with Crippen LogP contribution >= 0.6 is 0 Å². The number of likely N-dealkylation sites (tertiary alicyclic amines) is 1. The topological polar surface area (TPSA) is 76.1 Å². The molecule has 126 valence electrons. The molecule has 0 radical (unpaired) electrons. The summed E-state index contributed by atoms with van der Waals surface area (Å²) in [7, 11) is 0. The number of carboxylic acid groups (broad SMARTS) is 1. The van der Waals surface area contributed by atoms with E-state index in [0.717, 1.165) is 12.0 Å². The van der Waals surface area contributed by atoms with Gasteiger partial charge in [0.2, 0.25) is 5.91 Å². The number of nitrogens with zero attached hydrogens (tertiary/aromatic N) is 1. The van der Waals surface area contributed by atoms with Crippen LogP contribution in [0.4, 0.5) is 0 Å². The van der Waals surface area contributed by atoms with E-state index in [-0.39, 0.29) is 18.9 Å². The van der Waals surface area contributed by atoms with Crippen molar-refractivity contribution in [2.75, 3.05) is 19.8 Å².